The second kappa shape index (κ2) is 11.9. The van der Waals surface area contributed by atoms with E-state index in [1.165, 1.54) is 4.90 Å². The van der Waals surface area contributed by atoms with Crippen molar-refractivity contribution in [2.24, 2.45) is 4.99 Å². The number of benzene rings is 1. The molecule has 0 aliphatic carbocycles. The van der Waals surface area contributed by atoms with Crippen LogP contribution in [0.15, 0.2) is 29.3 Å². The Balaban J connectivity index is 0.00000363. The van der Waals surface area contributed by atoms with Gasteiger partial charge < -0.3 is 20.9 Å². The minimum atomic E-state index is -0.781. The molecule has 3 amide bonds. The van der Waals surface area contributed by atoms with Crippen molar-refractivity contribution in [3.05, 3.63) is 29.3 Å². The van der Waals surface area contributed by atoms with Gasteiger partial charge in [0.1, 0.15) is 5.54 Å². The third-order valence-electron chi connectivity index (χ3n) is 6.08. The lowest BCUT2D eigenvalue weighted by molar-refractivity contribution is -0.130. The van der Waals surface area contributed by atoms with Gasteiger partial charge in [0.05, 0.1) is 10.7 Å². The number of carbonyl (C=O) groups is 2. The van der Waals surface area contributed by atoms with Crippen LogP contribution < -0.4 is 20.9 Å². The molecule has 3 rings (SSSR count). The number of hydrogen-bond acceptors (Lipinski definition) is 4. The van der Waals surface area contributed by atoms with E-state index in [0.29, 0.717) is 25.9 Å². The number of urea groups is 1. The average molecular weight is 577 g/mol. The van der Waals surface area contributed by atoms with Crippen LogP contribution in [0.1, 0.15) is 39.5 Å². The summed E-state index contributed by atoms with van der Waals surface area (Å²) in [7, 11) is 1.74. The van der Waals surface area contributed by atoms with Gasteiger partial charge in [-0.3, -0.25) is 14.7 Å². The maximum Gasteiger partial charge on any atom is 0.325 e. The third-order valence-corrected chi connectivity index (χ3v) is 6.40. The minimum absolute atomic E-state index is 0. The number of anilines is 1. The van der Waals surface area contributed by atoms with Crippen molar-refractivity contribution in [1.82, 2.24) is 20.9 Å². The molecule has 0 radical (unpaired) electrons. The monoisotopic (exact) mass is 576 g/mol. The van der Waals surface area contributed by atoms with Gasteiger partial charge in [-0.05, 0) is 44.7 Å². The second-order valence-electron chi connectivity index (χ2n) is 8.31. The quantitative estimate of drug-likeness (QED) is 0.153. The standard InChI is InChI=1S/C22H33ClN6O2.HI/c1-4-22(2)19(30)29(21(31)27-22)14-8-12-25-20(24-3)26-16-9-7-13-28(15-16)18-11-6-5-10-17(18)23;/h5-6,10-11,16H,4,7-9,12-15H2,1-3H3,(H,27,31)(H2,24,25,26);1H. The van der Waals surface area contributed by atoms with Crippen molar-refractivity contribution >= 4 is 59.2 Å². The first-order chi connectivity index (χ1) is 14.9. The maximum absolute atomic E-state index is 12.5. The van der Waals surface area contributed by atoms with Crippen molar-refractivity contribution in [2.75, 3.05) is 38.1 Å². The number of nitrogens with zero attached hydrogens (tertiary/aromatic N) is 3. The lowest BCUT2D eigenvalue weighted by atomic mass is 9.99. The molecule has 0 bridgehead atoms. The Morgan fingerprint density at radius 2 is 2.09 bits per heavy atom. The molecule has 0 spiro atoms. The maximum atomic E-state index is 12.5. The van der Waals surface area contributed by atoms with Crippen LogP contribution in [-0.4, -0.2) is 67.6 Å². The number of carbonyl (C=O) groups excluding carboxylic acids is 2. The summed E-state index contributed by atoms with van der Waals surface area (Å²) in [5, 5.41) is 10.3. The molecule has 1 aromatic rings. The Kier molecular flexibility index (Phi) is 9.87. The molecule has 2 aliphatic rings. The molecular formula is C22H34ClIN6O2. The molecule has 178 valence electrons. The number of aliphatic imine (C=N–C) groups is 1. The van der Waals surface area contributed by atoms with Gasteiger partial charge in [0.15, 0.2) is 5.96 Å². The van der Waals surface area contributed by atoms with Crippen LogP contribution >= 0.6 is 35.6 Å². The largest absolute Gasteiger partial charge is 0.368 e. The van der Waals surface area contributed by atoms with E-state index in [-0.39, 0.29) is 42.0 Å². The normalized spacial score (nSPS) is 23.6. The van der Waals surface area contributed by atoms with E-state index < -0.39 is 5.54 Å². The molecule has 1 aromatic carbocycles. The zero-order valence-corrected chi connectivity index (χ0v) is 22.1. The highest BCUT2D eigenvalue weighted by Crippen LogP contribution is 2.27. The minimum Gasteiger partial charge on any atom is -0.368 e. The van der Waals surface area contributed by atoms with Gasteiger partial charge in [-0.25, -0.2) is 4.79 Å². The number of rotatable bonds is 7. The molecule has 2 fully saturated rings. The summed E-state index contributed by atoms with van der Waals surface area (Å²) in [5.74, 6) is 0.575. The first kappa shape index (κ1) is 26.5. The molecule has 32 heavy (non-hydrogen) atoms. The summed E-state index contributed by atoms with van der Waals surface area (Å²) in [6.45, 7) is 6.50. The summed E-state index contributed by atoms with van der Waals surface area (Å²) in [4.78, 5) is 32.5. The van der Waals surface area contributed by atoms with Crippen molar-refractivity contribution in [2.45, 2.75) is 51.1 Å². The first-order valence-corrected chi connectivity index (χ1v) is 11.4. The molecule has 2 saturated heterocycles. The van der Waals surface area contributed by atoms with Crippen LogP contribution in [0, 0.1) is 0 Å². The first-order valence-electron chi connectivity index (χ1n) is 11.0. The number of halogens is 2. The number of amides is 3. The summed E-state index contributed by atoms with van der Waals surface area (Å²) in [5.41, 5.74) is 0.280. The molecule has 0 saturated carbocycles. The molecule has 2 heterocycles. The van der Waals surface area contributed by atoms with Gasteiger partial charge in [0.25, 0.3) is 5.91 Å². The predicted octanol–water partition coefficient (Wildman–Crippen LogP) is 3.20. The lowest BCUT2D eigenvalue weighted by Gasteiger charge is -2.35. The Bertz CT molecular complexity index is 838. The Labute approximate surface area is 212 Å². The van der Waals surface area contributed by atoms with Gasteiger partial charge >= 0.3 is 6.03 Å². The van der Waals surface area contributed by atoms with Gasteiger partial charge in [0.2, 0.25) is 0 Å². The highest BCUT2D eigenvalue weighted by Gasteiger charge is 2.45. The number of hydrogen-bond donors (Lipinski definition) is 3. The fraction of sp³-hybridized carbons (Fsp3) is 0.591. The van der Waals surface area contributed by atoms with Crippen LogP contribution in [-0.2, 0) is 4.79 Å². The number of imide groups is 1. The van der Waals surface area contributed by atoms with E-state index in [1.54, 1.807) is 14.0 Å². The second-order valence-corrected chi connectivity index (χ2v) is 8.71. The summed E-state index contributed by atoms with van der Waals surface area (Å²) < 4.78 is 0. The zero-order chi connectivity index (χ0) is 22.4. The fourth-order valence-electron chi connectivity index (χ4n) is 4.04. The number of para-hydroxylation sites is 1. The van der Waals surface area contributed by atoms with Gasteiger partial charge in [0, 0.05) is 39.3 Å². The highest BCUT2D eigenvalue weighted by molar-refractivity contribution is 14.0. The summed E-state index contributed by atoms with van der Waals surface area (Å²) in [6.07, 6.45) is 3.35. The fourth-order valence-corrected chi connectivity index (χ4v) is 4.30. The van der Waals surface area contributed by atoms with E-state index in [0.717, 1.165) is 42.6 Å². The Morgan fingerprint density at radius 3 is 2.75 bits per heavy atom. The van der Waals surface area contributed by atoms with E-state index in [9.17, 15) is 9.59 Å². The van der Waals surface area contributed by atoms with Crippen molar-refractivity contribution in [3.8, 4) is 0 Å². The van der Waals surface area contributed by atoms with Gasteiger partial charge in [-0.1, -0.05) is 30.7 Å². The smallest absolute Gasteiger partial charge is 0.325 e. The number of guanidine groups is 1. The molecule has 8 nitrogen and oxygen atoms in total. The number of piperidine rings is 1. The molecule has 2 atom stereocenters. The molecule has 2 aliphatic heterocycles. The number of nitrogens with one attached hydrogen (secondary N) is 3. The zero-order valence-electron chi connectivity index (χ0n) is 19.0. The van der Waals surface area contributed by atoms with E-state index in [1.807, 2.05) is 25.1 Å². The Morgan fingerprint density at radius 1 is 1.34 bits per heavy atom. The van der Waals surface area contributed by atoms with E-state index in [2.05, 4.69) is 31.9 Å². The summed E-state index contributed by atoms with van der Waals surface area (Å²) in [6, 6.07) is 7.87. The van der Waals surface area contributed by atoms with Crippen LogP contribution in [0.4, 0.5) is 10.5 Å². The Hall–Kier alpha value is -1.75. The molecule has 10 heteroatoms. The summed E-state index contributed by atoms with van der Waals surface area (Å²) >= 11 is 6.37. The topological polar surface area (TPSA) is 89.1 Å². The molecule has 0 aromatic heterocycles. The highest BCUT2D eigenvalue weighted by atomic mass is 127. The third kappa shape index (κ3) is 6.18. The lowest BCUT2D eigenvalue weighted by Crippen LogP contribution is -2.51. The van der Waals surface area contributed by atoms with Gasteiger partial charge in [-0.15, -0.1) is 24.0 Å². The van der Waals surface area contributed by atoms with Crippen molar-refractivity contribution in [3.63, 3.8) is 0 Å². The molecule has 3 N–H and O–H groups in total. The van der Waals surface area contributed by atoms with Crippen LogP contribution in [0.25, 0.3) is 0 Å². The van der Waals surface area contributed by atoms with Crippen LogP contribution in [0.2, 0.25) is 5.02 Å². The average Bonchev–Trinajstić information content (AvgIpc) is 2.99. The van der Waals surface area contributed by atoms with E-state index >= 15 is 0 Å². The SMILES string of the molecule is CCC1(C)NC(=O)N(CCCNC(=NC)NC2CCCN(c3ccccc3Cl)C2)C1=O.I. The van der Waals surface area contributed by atoms with E-state index in [4.69, 9.17) is 11.6 Å². The van der Waals surface area contributed by atoms with Crippen molar-refractivity contribution in [1.29, 1.82) is 0 Å². The molecule has 2 unspecified atom stereocenters. The van der Waals surface area contributed by atoms with Crippen LogP contribution in [0.3, 0.4) is 0 Å². The predicted molar refractivity (Wildman–Crippen MR) is 140 cm³/mol. The van der Waals surface area contributed by atoms with Crippen LogP contribution in [0.5, 0.6) is 0 Å². The van der Waals surface area contributed by atoms with Gasteiger partial charge in [-0.2, -0.15) is 0 Å². The van der Waals surface area contributed by atoms with Crippen molar-refractivity contribution < 1.29 is 9.59 Å². The molecular weight excluding hydrogens is 543 g/mol.